The molecule has 0 aliphatic carbocycles. The first-order valence-corrected chi connectivity index (χ1v) is 7.01. The summed E-state index contributed by atoms with van der Waals surface area (Å²) in [6, 6.07) is 0.164. The van der Waals surface area contributed by atoms with Crippen molar-refractivity contribution in [2.75, 3.05) is 20.3 Å². The molecule has 0 N–H and O–H groups in total. The second-order valence-electron chi connectivity index (χ2n) is 5.27. The minimum Gasteiger partial charge on any atom is -0.382 e. The average Bonchev–Trinajstić information content (AvgIpc) is 2.91. The van der Waals surface area contributed by atoms with Crippen molar-refractivity contribution in [3.8, 4) is 0 Å². The number of hydrogen-bond donors (Lipinski definition) is 0. The molecule has 2 saturated heterocycles. The van der Waals surface area contributed by atoms with Crippen LogP contribution in [0.4, 0.5) is 0 Å². The molecule has 1 aromatic rings. The highest BCUT2D eigenvalue weighted by molar-refractivity contribution is 5.92. The Bertz CT molecular complexity index is 468. The number of rotatable bonds is 3. The lowest BCUT2D eigenvalue weighted by atomic mass is 9.99. The molecule has 0 bridgehead atoms. The van der Waals surface area contributed by atoms with Gasteiger partial charge in [0.2, 0.25) is 0 Å². The number of hydrogen-bond acceptors (Lipinski definition) is 5. The summed E-state index contributed by atoms with van der Waals surface area (Å²) in [4.78, 5) is 22.4. The van der Waals surface area contributed by atoms with Gasteiger partial charge in [0, 0.05) is 26.0 Å². The zero-order valence-electron chi connectivity index (χ0n) is 11.6. The van der Waals surface area contributed by atoms with E-state index < -0.39 is 0 Å². The van der Waals surface area contributed by atoms with Gasteiger partial charge in [-0.15, -0.1) is 0 Å². The van der Waals surface area contributed by atoms with E-state index in [1.807, 2.05) is 4.90 Å². The smallest absolute Gasteiger partial charge is 0.274 e. The van der Waals surface area contributed by atoms with Crippen LogP contribution in [0, 0.1) is 0 Å². The Morgan fingerprint density at radius 1 is 1.45 bits per heavy atom. The fourth-order valence-corrected chi connectivity index (χ4v) is 3.11. The number of fused-ring (bicyclic) bond motifs is 1. The largest absolute Gasteiger partial charge is 0.382 e. The van der Waals surface area contributed by atoms with E-state index in [4.69, 9.17) is 9.47 Å². The van der Waals surface area contributed by atoms with Crippen LogP contribution in [0.15, 0.2) is 18.6 Å². The van der Waals surface area contributed by atoms with Gasteiger partial charge in [0.15, 0.2) is 0 Å². The normalized spacial score (nSPS) is 29.2. The van der Waals surface area contributed by atoms with Crippen molar-refractivity contribution < 1.29 is 14.3 Å². The molecule has 1 amide bonds. The molecule has 2 aliphatic rings. The number of aromatic nitrogens is 2. The Balaban J connectivity index is 1.68. The maximum absolute atomic E-state index is 12.5. The molecule has 20 heavy (non-hydrogen) atoms. The quantitative estimate of drug-likeness (QED) is 0.821. The summed E-state index contributed by atoms with van der Waals surface area (Å²) < 4.78 is 11.2. The Labute approximate surface area is 118 Å². The van der Waals surface area contributed by atoms with Gasteiger partial charge in [-0.3, -0.25) is 9.78 Å². The third kappa shape index (κ3) is 2.53. The van der Waals surface area contributed by atoms with Crippen molar-refractivity contribution in [3.63, 3.8) is 0 Å². The molecular formula is C14H19N3O3. The molecule has 2 fully saturated rings. The summed E-state index contributed by atoms with van der Waals surface area (Å²) in [5.41, 5.74) is 0.409. The monoisotopic (exact) mass is 277 g/mol. The Morgan fingerprint density at radius 2 is 2.35 bits per heavy atom. The van der Waals surface area contributed by atoms with Crippen LogP contribution in [0.25, 0.3) is 0 Å². The number of amides is 1. The lowest BCUT2D eigenvalue weighted by molar-refractivity contribution is -0.0903. The summed E-state index contributed by atoms with van der Waals surface area (Å²) in [7, 11) is 1.69. The number of carbonyl (C=O) groups excluding carboxylic acids is 1. The maximum atomic E-state index is 12.5. The van der Waals surface area contributed by atoms with Crippen LogP contribution in [-0.4, -0.2) is 59.3 Å². The number of likely N-dealkylation sites (tertiary alicyclic amines) is 1. The first kappa shape index (κ1) is 13.5. The Morgan fingerprint density at radius 3 is 3.10 bits per heavy atom. The Kier molecular flexibility index (Phi) is 3.93. The molecule has 6 heteroatoms. The lowest BCUT2D eigenvalue weighted by Crippen LogP contribution is -2.46. The van der Waals surface area contributed by atoms with Crippen molar-refractivity contribution in [1.82, 2.24) is 14.9 Å². The van der Waals surface area contributed by atoms with Crippen LogP contribution < -0.4 is 0 Å². The maximum Gasteiger partial charge on any atom is 0.274 e. The van der Waals surface area contributed by atoms with Crippen molar-refractivity contribution in [3.05, 3.63) is 24.3 Å². The van der Waals surface area contributed by atoms with Gasteiger partial charge in [-0.25, -0.2) is 4.98 Å². The van der Waals surface area contributed by atoms with Gasteiger partial charge < -0.3 is 14.4 Å². The molecule has 3 heterocycles. The van der Waals surface area contributed by atoms with Crippen LogP contribution in [0.5, 0.6) is 0 Å². The van der Waals surface area contributed by atoms with Gasteiger partial charge >= 0.3 is 0 Å². The summed E-state index contributed by atoms with van der Waals surface area (Å²) in [5.74, 6) is -0.0422. The van der Waals surface area contributed by atoms with Gasteiger partial charge in [-0.05, 0) is 19.3 Å². The van der Waals surface area contributed by atoms with E-state index in [1.54, 1.807) is 19.5 Å². The van der Waals surface area contributed by atoms with Crippen LogP contribution in [0.1, 0.15) is 29.8 Å². The van der Waals surface area contributed by atoms with Crippen LogP contribution in [-0.2, 0) is 9.47 Å². The van der Waals surface area contributed by atoms with Crippen molar-refractivity contribution in [1.29, 1.82) is 0 Å². The molecule has 108 valence electrons. The molecule has 0 aromatic carbocycles. The summed E-state index contributed by atoms with van der Waals surface area (Å²) in [5, 5.41) is 0. The number of nitrogens with zero attached hydrogens (tertiary/aromatic N) is 3. The minimum atomic E-state index is -0.0422. The molecule has 1 aromatic heterocycles. The van der Waals surface area contributed by atoms with Crippen LogP contribution in [0.3, 0.4) is 0 Å². The second kappa shape index (κ2) is 5.85. The zero-order valence-corrected chi connectivity index (χ0v) is 11.6. The second-order valence-corrected chi connectivity index (χ2v) is 5.27. The molecule has 0 saturated carbocycles. The highest BCUT2D eigenvalue weighted by atomic mass is 16.5. The third-order valence-corrected chi connectivity index (χ3v) is 4.03. The van der Waals surface area contributed by atoms with E-state index in [-0.39, 0.29) is 24.2 Å². The zero-order chi connectivity index (χ0) is 13.9. The predicted molar refractivity (Wildman–Crippen MR) is 71.2 cm³/mol. The molecule has 6 nitrogen and oxygen atoms in total. The highest BCUT2D eigenvalue weighted by Crippen LogP contribution is 2.32. The Hall–Kier alpha value is -1.53. The van der Waals surface area contributed by atoms with Gasteiger partial charge in [-0.2, -0.15) is 0 Å². The van der Waals surface area contributed by atoms with E-state index in [1.165, 1.54) is 6.20 Å². The molecule has 0 spiro atoms. The summed E-state index contributed by atoms with van der Waals surface area (Å²) >= 11 is 0. The summed E-state index contributed by atoms with van der Waals surface area (Å²) in [6.45, 7) is 1.35. The van der Waals surface area contributed by atoms with Crippen molar-refractivity contribution in [2.24, 2.45) is 0 Å². The van der Waals surface area contributed by atoms with E-state index in [0.717, 1.165) is 25.8 Å². The number of methoxy groups -OCH3 is 1. The SMILES string of the molecule is COC[C@@H]1CC[C@@H]2[C@@H](CCN2C(=O)c2cnccn2)O1. The minimum absolute atomic E-state index is 0.0422. The van der Waals surface area contributed by atoms with E-state index in [0.29, 0.717) is 12.3 Å². The molecular weight excluding hydrogens is 258 g/mol. The van der Waals surface area contributed by atoms with Crippen molar-refractivity contribution >= 4 is 5.91 Å². The van der Waals surface area contributed by atoms with Gasteiger partial charge in [-0.1, -0.05) is 0 Å². The topological polar surface area (TPSA) is 64.5 Å². The molecule has 0 radical (unpaired) electrons. The fourth-order valence-electron chi connectivity index (χ4n) is 3.11. The molecule has 2 aliphatic heterocycles. The molecule has 0 unspecified atom stereocenters. The van der Waals surface area contributed by atoms with Gasteiger partial charge in [0.05, 0.1) is 31.1 Å². The van der Waals surface area contributed by atoms with Gasteiger partial charge in [0.1, 0.15) is 5.69 Å². The fraction of sp³-hybridized carbons (Fsp3) is 0.643. The highest BCUT2D eigenvalue weighted by Gasteiger charge is 2.42. The first-order chi connectivity index (χ1) is 9.79. The third-order valence-electron chi connectivity index (χ3n) is 4.03. The summed E-state index contributed by atoms with van der Waals surface area (Å²) in [6.07, 6.45) is 7.71. The first-order valence-electron chi connectivity index (χ1n) is 7.01. The van der Waals surface area contributed by atoms with E-state index in [9.17, 15) is 4.79 Å². The van der Waals surface area contributed by atoms with Crippen LogP contribution in [0.2, 0.25) is 0 Å². The van der Waals surface area contributed by atoms with Crippen LogP contribution >= 0.6 is 0 Å². The van der Waals surface area contributed by atoms with E-state index >= 15 is 0 Å². The van der Waals surface area contributed by atoms with Crippen molar-refractivity contribution in [2.45, 2.75) is 37.5 Å². The predicted octanol–water partition coefficient (Wildman–Crippen LogP) is 0.885. The number of ether oxygens (including phenoxy) is 2. The average molecular weight is 277 g/mol. The lowest BCUT2D eigenvalue weighted by Gasteiger charge is -2.35. The molecule has 3 rings (SSSR count). The van der Waals surface area contributed by atoms with E-state index in [2.05, 4.69) is 9.97 Å². The van der Waals surface area contributed by atoms with Gasteiger partial charge in [0.25, 0.3) is 5.91 Å². The standard InChI is InChI=1S/C14H19N3O3/c1-19-9-10-2-3-12-13(20-10)4-7-17(12)14(18)11-8-15-5-6-16-11/h5-6,8,10,12-13H,2-4,7,9H2,1H3/t10-,12+,13+/m0/s1. The number of carbonyl (C=O) groups is 1. The molecule has 3 atom stereocenters.